The van der Waals surface area contributed by atoms with Gasteiger partial charge in [0.15, 0.2) is 0 Å². The molecule has 1 aromatic rings. The molecule has 0 bridgehead atoms. The summed E-state index contributed by atoms with van der Waals surface area (Å²) < 4.78 is 15.6. The van der Waals surface area contributed by atoms with Gasteiger partial charge in [-0.3, -0.25) is 14.4 Å². The Kier molecular flexibility index (Phi) is 10.7. The van der Waals surface area contributed by atoms with Gasteiger partial charge in [-0.15, -0.1) is 0 Å². The van der Waals surface area contributed by atoms with E-state index >= 15 is 0 Å². The van der Waals surface area contributed by atoms with Gasteiger partial charge in [0, 0.05) is 6.42 Å². The van der Waals surface area contributed by atoms with E-state index in [4.69, 9.17) is 14.2 Å². The number of esters is 2. The highest BCUT2D eigenvalue weighted by atomic mass is 32.2. The fourth-order valence-corrected chi connectivity index (χ4v) is 3.07. The Balaban J connectivity index is 2.66. The van der Waals surface area contributed by atoms with Gasteiger partial charge in [0.1, 0.15) is 23.9 Å². The number of carbonyl (C=O) groups excluding carboxylic acids is 4. The zero-order valence-corrected chi connectivity index (χ0v) is 20.4. The predicted molar refractivity (Wildman–Crippen MR) is 122 cm³/mol. The molecule has 1 atom stereocenters. The first-order valence-corrected chi connectivity index (χ1v) is 11.3. The topological polar surface area (TPSA) is 108 Å². The minimum atomic E-state index is -1.03. The SMILES string of the molecule is CC(C)(C)OC(=O)CSC(=O)[C@H](CCC(=O)OCc1ccccc1)NC(=O)OC(C)(C)C. The molecule has 0 heterocycles. The van der Waals surface area contributed by atoms with E-state index < -0.39 is 40.4 Å². The summed E-state index contributed by atoms with van der Waals surface area (Å²) in [6, 6.07) is 8.17. The van der Waals surface area contributed by atoms with Crippen molar-refractivity contribution in [2.45, 2.75) is 78.2 Å². The first-order chi connectivity index (χ1) is 14.7. The predicted octanol–water partition coefficient (Wildman–Crippen LogP) is 4.00. The molecule has 0 fully saturated rings. The lowest BCUT2D eigenvalue weighted by Gasteiger charge is -2.23. The van der Waals surface area contributed by atoms with E-state index in [1.807, 2.05) is 30.3 Å². The Morgan fingerprint density at radius 3 is 2.06 bits per heavy atom. The van der Waals surface area contributed by atoms with Crippen molar-refractivity contribution in [2.24, 2.45) is 0 Å². The fraction of sp³-hybridized carbons (Fsp3) is 0.565. The van der Waals surface area contributed by atoms with Crippen molar-refractivity contribution in [3.63, 3.8) is 0 Å². The minimum absolute atomic E-state index is 0.00696. The quantitative estimate of drug-likeness (QED) is 0.429. The highest BCUT2D eigenvalue weighted by Crippen LogP contribution is 2.16. The van der Waals surface area contributed by atoms with Crippen molar-refractivity contribution in [1.82, 2.24) is 5.32 Å². The lowest BCUT2D eigenvalue weighted by molar-refractivity contribution is -0.151. The van der Waals surface area contributed by atoms with Crippen molar-refractivity contribution in [3.8, 4) is 0 Å². The third-order valence-corrected chi connectivity index (χ3v) is 4.56. The minimum Gasteiger partial charge on any atom is -0.461 e. The first-order valence-electron chi connectivity index (χ1n) is 10.3. The highest BCUT2D eigenvalue weighted by Gasteiger charge is 2.27. The molecule has 1 N–H and O–H groups in total. The Morgan fingerprint density at radius 2 is 1.50 bits per heavy atom. The van der Waals surface area contributed by atoms with Crippen LogP contribution in [-0.2, 0) is 35.2 Å². The monoisotopic (exact) mass is 467 g/mol. The molecule has 1 aromatic carbocycles. The van der Waals surface area contributed by atoms with Crippen LogP contribution < -0.4 is 5.32 Å². The highest BCUT2D eigenvalue weighted by molar-refractivity contribution is 8.14. The van der Waals surface area contributed by atoms with Crippen LogP contribution in [0.15, 0.2) is 30.3 Å². The molecule has 0 radical (unpaired) electrons. The van der Waals surface area contributed by atoms with Crippen LogP contribution in [0.3, 0.4) is 0 Å². The molecular formula is C23H33NO7S. The molecule has 0 aliphatic rings. The molecule has 0 saturated heterocycles. The van der Waals surface area contributed by atoms with Crippen LogP contribution in [0.25, 0.3) is 0 Å². The summed E-state index contributed by atoms with van der Waals surface area (Å²) in [6.07, 6.45) is -0.870. The van der Waals surface area contributed by atoms with Crippen molar-refractivity contribution < 1.29 is 33.4 Å². The summed E-state index contributed by atoms with van der Waals surface area (Å²) in [6.45, 7) is 10.4. The molecule has 178 valence electrons. The lowest BCUT2D eigenvalue weighted by atomic mass is 10.1. The van der Waals surface area contributed by atoms with E-state index in [2.05, 4.69) is 5.32 Å². The second kappa shape index (κ2) is 12.5. The number of amides is 1. The third kappa shape index (κ3) is 13.0. The molecule has 8 nitrogen and oxygen atoms in total. The largest absolute Gasteiger partial charge is 0.461 e. The molecule has 0 spiro atoms. The number of ether oxygens (including phenoxy) is 3. The van der Waals surface area contributed by atoms with Gasteiger partial charge >= 0.3 is 18.0 Å². The number of rotatable bonds is 9. The summed E-state index contributed by atoms with van der Waals surface area (Å²) in [5, 5.41) is 2.01. The van der Waals surface area contributed by atoms with Crippen LogP contribution in [0.5, 0.6) is 0 Å². The summed E-state index contributed by atoms with van der Waals surface area (Å²) in [5.74, 6) is -1.26. The number of alkyl carbamates (subject to hydrolysis) is 1. The second-order valence-electron chi connectivity index (χ2n) is 9.08. The summed E-state index contributed by atoms with van der Waals surface area (Å²) in [7, 11) is 0. The molecule has 1 rings (SSSR count). The molecule has 0 aliphatic carbocycles. The smallest absolute Gasteiger partial charge is 0.408 e. The van der Waals surface area contributed by atoms with Crippen LogP contribution >= 0.6 is 11.8 Å². The van der Waals surface area contributed by atoms with E-state index in [1.54, 1.807) is 41.5 Å². The van der Waals surface area contributed by atoms with Crippen molar-refractivity contribution in [2.75, 3.05) is 5.75 Å². The molecule has 0 unspecified atom stereocenters. The zero-order chi connectivity index (χ0) is 24.4. The van der Waals surface area contributed by atoms with Crippen molar-refractivity contribution in [1.29, 1.82) is 0 Å². The maximum absolute atomic E-state index is 12.6. The maximum Gasteiger partial charge on any atom is 0.408 e. The standard InChI is InChI=1S/C23H33NO7S/c1-22(2,3)30-19(26)15-32-20(27)17(24-21(28)31-23(4,5)6)12-13-18(25)29-14-16-10-8-7-9-11-16/h7-11,17H,12-15H2,1-6H3,(H,24,28)/t17-/m0/s1. The molecule has 0 aromatic heterocycles. The maximum atomic E-state index is 12.6. The molecular weight excluding hydrogens is 434 g/mol. The summed E-state index contributed by atoms with van der Waals surface area (Å²) in [5.41, 5.74) is -0.582. The molecule has 0 aliphatic heterocycles. The van der Waals surface area contributed by atoms with Crippen LogP contribution in [0.2, 0.25) is 0 Å². The second-order valence-corrected chi connectivity index (χ2v) is 10.1. The van der Waals surface area contributed by atoms with Gasteiger partial charge in [-0.05, 0) is 53.5 Å². The third-order valence-electron chi connectivity index (χ3n) is 3.61. The van der Waals surface area contributed by atoms with Crippen LogP contribution in [0.1, 0.15) is 59.9 Å². The van der Waals surface area contributed by atoms with E-state index in [0.717, 1.165) is 17.3 Å². The Morgan fingerprint density at radius 1 is 0.906 bits per heavy atom. The van der Waals surface area contributed by atoms with Gasteiger partial charge in [0.2, 0.25) is 5.12 Å². The first kappa shape index (κ1) is 27.5. The molecule has 32 heavy (non-hydrogen) atoms. The average Bonchev–Trinajstić information content (AvgIpc) is 2.65. The van der Waals surface area contributed by atoms with Gasteiger partial charge in [-0.25, -0.2) is 4.79 Å². The van der Waals surface area contributed by atoms with Gasteiger partial charge in [0.25, 0.3) is 0 Å². The number of thioether (sulfide) groups is 1. The van der Waals surface area contributed by atoms with E-state index in [0.29, 0.717) is 0 Å². The molecule has 0 saturated carbocycles. The normalized spacial score (nSPS) is 12.4. The van der Waals surface area contributed by atoms with E-state index in [-0.39, 0.29) is 25.2 Å². The number of hydrogen-bond donors (Lipinski definition) is 1. The molecule has 1 amide bonds. The van der Waals surface area contributed by atoms with Gasteiger partial charge in [-0.2, -0.15) is 0 Å². The van der Waals surface area contributed by atoms with Crippen LogP contribution in [0, 0.1) is 0 Å². The average molecular weight is 468 g/mol. The lowest BCUT2D eigenvalue weighted by Crippen LogP contribution is -2.43. The Hall–Kier alpha value is -2.55. The number of carbonyl (C=O) groups is 4. The molecule has 9 heteroatoms. The number of benzene rings is 1. The van der Waals surface area contributed by atoms with Gasteiger partial charge in [-0.1, -0.05) is 42.1 Å². The van der Waals surface area contributed by atoms with Crippen molar-refractivity contribution >= 4 is 34.9 Å². The van der Waals surface area contributed by atoms with E-state index in [1.165, 1.54) is 0 Å². The summed E-state index contributed by atoms with van der Waals surface area (Å²) >= 11 is 0.719. The van der Waals surface area contributed by atoms with Gasteiger partial charge < -0.3 is 19.5 Å². The number of hydrogen-bond acceptors (Lipinski definition) is 8. The van der Waals surface area contributed by atoms with Crippen molar-refractivity contribution in [3.05, 3.63) is 35.9 Å². The van der Waals surface area contributed by atoms with Crippen LogP contribution in [-0.4, -0.2) is 46.1 Å². The van der Waals surface area contributed by atoms with Gasteiger partial charge in [0.05, 0.1) is 5.75 Å². The summed E-state index contributed by atoms with van der Waals surface area (Å²) in [4.78, 5) is 48.8. The zero-order valence-electron chi connectivity index (χ0n) is 19.6. The van der Waals surface area contributed by atoms with E-state index in [9.17, 15) is 19.2 Å². The van der Waals surface area contributed by atoms with Crippen LogP contribution in [0.4, 0.5) is 4.79 Å². The Bertz CT molecular complexity index is 782. The Labute approximate surface area is 193 Å². The number of nitrogens with one attached hydrogen (secondary N) is 1. The fourth-order valence-electron chi connectivity index (χ4n) is 2.37.